The Labute approximate surface area is 387 Å². The molecule has 22 nitrogen and oxygen atoms in total. The van der Waals surface area contributed by atoms with Crippen molar-refractivity contribution >= 4 is 64.2 Å². The van der Waals surface area contributed by atoms with E-state index in [0.29, 0.717) is 33.5 Å². The summed E-state index contributed by atoms with van der Waals surface area (Å²) in [6.07, 6.45) is 3.43. The van der Waals surface area contributed by atoms with Crippen LogP contribution in [-0.2, 0) is 51.2 Å². The summed E-state index contributed by atoms with van der Waals surface area (Å²) in [5, 5.41) is 30.3. The van der Waals surface area contributed by atoms with Gasteiger partial charge in [0.25, 0.3) is 0 Å². The zero-order valence-electron chi connectivity index (χ0n) is 38.6. The summed E-state index contributed by atoms with van der Waals surface area (Å²) in [4.78, 5) is 123. The molecule has 7 rings (SSSR count). The van der Waals surface area contributed by atoms with Crippen molar-refractivity contribution in [3.05, 3.63) is 47.5 Å². The van der Waals surface area contributed by atoms with Gasteiger partial charge in [0.1, 0.15) is 54.4 Å². The molecular weight excluding hydrogens is 867 g/mol. The lowest BCUT2D eigenvalue weighted by atomic mass is 9.81. The minimum atomic E-state index is -1.45. The molecule has 4 aliphatic rings. The fraction of sp³-hybridized carbons (Fsp3) is 0.556. The van der Waals surface area contributed by atoms with Crippen LogP contribution in [0.1, 0.15) is 96.4 Å². The topological polar surface area (TPSA) is 339 Å². The first kappa shape index (κ1) is 49.4. The van der Waals surface area contributed by atoms with E-state index < -0.39 is 95.5 Å². The van der Waals surface area contributed by atoms with Gasteiger partial charge in [-0.05, 0) is 55.1 Å². The first-order valence-electron chi connectivity index (χ1n) is 22.8. The van der Waals surface area contributed by atoms with Crippen LogP contribution in [0.4, 0.5) is 0 Å². The van der Waals surface area contributed by atoms with Crippen LogP contribution in [0.3, 0.4) is 0 Å². The molecule has 7 amide bonds. The number of nitrogens with one attached hydrogen (secondary N) is 8. The number of rotatable bonds is 11. The van der Waals surface area contributed by atoms with E-state index in [4.69, 9.17) is 11.5 Å². The van der Waals surface area contributed by atoms with Crippen LogP contribution in [-0.4, -0.2) is 122 Å². The number of carboxylic acid groups (broad SMARTS) is 1. The lowest BCUT2D eigenvalue weighted by Gasteiger charge is -2.33. The van der Waals surface area contributed by atoms with Gasteiger partial charge in [-0.25, -0.2) is 9.78 Å². The molecule has 0 unspecified atom stereocenters. The fourth-order valence-electron chi connectivity index (χ4n) is 8.98. The summed E-state index contributed by atoms with van der Waals surface area (Å²) in [6.45, 7) is 11.0. The van der Waals surface area contributed by atoms with Gasteiger partial charge in [0.2, 0.25) is 41.4 Å². The van der Waals surface area contributed by atoms with Crippen molar-refractivity contribution in [3.63, 3.8) is 0 Å². The molecule has 3 aromatic rings. The number of aromatic nitrogens is 3. The summed E-state index contributed by atoms with van der Waals surface area (Å²) in [7, 11) is 0. The molecule has 0 spiro atoms. The summed E-state index contributed by atoms with van der Waals surface area (Å²) < 4.78 is 1.62. The highest BCUT2D eigenvalue weighted by Gasteiger charge is 2.40. The quantitative estimate of drug-likeness (QED) is 0.0489. The van der Waals surface area contributed by atoms with Gasteiger partial charge >= 0.3 is 5.97 Å². The number of aliphatic carboxylic acids is 1. The van der Waals surface area contributed by atoms with Gasteiger partial charge in [-0.3, -0.25) is 43.1 Å². The Hall–Kier alpha value is -7.00. The van der Waals surface area contributed by atoms with Gasteiger partial charge in [0.15, 0.2) is 5.96 Å². The van der Waals surface area contributed by atoms with E-state index in [-0.39, 0.29) is 75.2 Å². The molecule has 0 saturated carbocycles. The molecule has 1 aromatic carbocycles. The molecule has 4 aliphatic heterocycles. The van der Waals surface area contributed by atoms with E-state index in [9.17, 15) is 43.5 Å². The van der Waals surface area contributed by atoms with Crippen LogP contribution >= 0.6 is 0 Å². The molecule has 67 heavy (non-hydrogen) atoms. The van der Waals surface area contributed by atoms with Crippen LogP contribution in [0.2, 0.25) is 0 Å². The van der Waals surface area contributed by atoms with E-state index >= 15 is 0 Å². The number of H-pyrrole nitrogens is 1. The number of nitrogens with zero attached hydrogens (tertiary/aromatic N) is 3. The predicted molar refractivity (Wildman–Crippen MR) is 245 cm³/mol. The van der Waals surface area contributed by atoms with Crippen molar-refractivity contribution in [1.29, 1.82) is 0 Å². The van der Waals surface area contributed by atoms with Gasteiger partial charge in [0.05, 0.1) is 5.69 Å². The van der Waals surface area contributed by atoms with E-state index in [0.717, 1.165) is 0 Å². The van der Waals surface area contributed by atoms with Crippen molar-refractivity contribution in [2.45, 2.75) is 135 Å². The highest BCUT2D eigenvalue weighted by molar-refractivity contribution is 5.99. The number of amides is 7. The molecule has 22 heteroatoms. The number of carbonyl (C=O) groups is 8. The minimum Gasteiger partial charge on any atom is -0.480 e. The number of nitrogens with two attached hydrogens (primary N) is 2. The van der Waals surface area contributed by atoms with Crippen LogP contribution < -0.4 is 48.7 Å². The maximum absolute atomic E-state index is 14.7. The third-order valence-corrected chi connectivity index (χ3v) is 12.4. The highest BCUT2D eigenvalue weighted by atomic mass is 16.4. The summed E-state index contributed by atoms with van der Waals surface area (Å²) in [5.41, 5.74) is 13.0. The molecule has 7 bridgehead atoms. The Morgan fingerprint density at radius 1 is 0.851 bits per heavy atom. The van der Waals surface area contributed by atoms with Gasteiger partial charge in [0, 0.05) is 54.4 Å². The first-order chi connectivity index (χ1) is 31.7. The Morgan fingerprint density at radius 2 is 1.57 bits per heavy atom. The van der Waals surface area contributed by atoms with Crippen molar-refractivity contribution < 1.29 is 43.5 Å². The Bertz CT molecular complexity index is 2420. The minimum absolute atomic E-state index is 0.0154. The SMILES string of the molecule is CC(C)C[C@@H]1NC(=O)[C@@H](NC(=O)[C@@H]2CCC(=O)N2)[C@H](C(C)C)c2ccc3c4c([nH]c3c2)-n2cnc(c2)C[C@H](C(=O)O)NC(=O)[C@H](CCCN=C(N)N)NC(=O)[C@H](C4)NC(=O)[C@H](C(C)C)NC1=O. The van der Waals surface area contributed by atoms with Gasteiger partial charge in [-0.15, -0.1) is 0 Å². The summed E-state index contributed by atoms with van der Waals surface area (Å²) in [6, 6.07) is -3.23. The number of benzene rings is 1. The molecule has 2 aromatic heterocycles. The summed E-state index contributed by atoms with van der Waals surface area (Å²) in [5.74, 6) is -7.25. The molecule has 1 saturated heterocycles. The lowest BCUT2D eigenvalue weighted by molar-refractivity contribution is -0.142. The normalized spacial score (nSPS) is 25.3. The number of hydrogen-bond donors (Lipinski definition) is 11. The largest absolute Gasteiger partial charge is 0.480 e. The first-order valence-corrected chi connectivity index (χ1v) is 22.8. The number of fused-ring (bicyclic) bond motifs is 13. The second-order valence-corrected chi connectivity index (χ2v) is 18.7. The molecule has 0 aliphatic carbocycles. The second kappa shape index (κ2) is 21.1. The smallest absolute Gasteiger partial charge is 0.326 e. The molecule has 0 radical (unpaired) electrons. The van der Waals surface area contributed by atoms with Crippen molar-refractivity contribution in [1.82, 2.24) is 51.8 Å². The lowest BCUT2D eigenvalue weighted by Crippen LogP contribution is -2.61. The number of imidazole rings is 1. The highest BCUT2D eigenvalue weighted by Crippen LogP contribution is 2.35. The third kappa shape index (κ3) is 11.9. The molecule has 1 fully saturated rings. The zero-order valence-corrected chi connectivity index (χ0v) is 38.6. The van der Waals surface area contributed by atoms with E-state index in [1.54, 1.807) is 24.6 Å². The Balaban J connectivity index is 1.55. The molecule has 362 valence electrons. The van der Waals surface area contributed by atoms with E-state index in [1.807, 2.05) is 45.9 Å². The van der Waals surface area contributed by atoms with Crippen LogP contribution in [0.15, 0.2) is 35.7 Å². The number of hydrogen-bond acceptors (Lipinski definition) is 10. The van der Waals surface area contributed by atoms with Crippen LogP contribution in [0.5, 0.6) is 0 Å². The number of carbonyl (C=O) groups excluding carboxylic acids is 7. The van der Waals surface area contributed by atoms with Gasteiger partial charge in [-0.1, -0.05) is 53.7 Å². The molecule has 6 heterocycles. The Kier molecular flexibility index (Phi) is 15.6. The third-order valence-electron chi connectivity index (χ3n) is 12.4. The van der Waals surface area contributed by atoms with Crippen LogP contribution in [0, 0.1) is 17.8 Å². The molecular formula is C45H63N13O9. The van der Waals surface area contributed by atoms with Crippen molar-refractivity contribution in [2.75, 3.05) is 6.54 Å². The molecule has 13 N–H and O–H groups in total. The average molecular weight is 930 g/mol. The zero-order chi connectivity index (χ0) is 48.9. The van der Waals surface area contributed by atoms with Crippen LogP contribution in [0.25, 0.3) is 16.7 Å². The maximum atomic E-state index is 14.7. The molecule has 8 atom stereocenters. The summed E-state index contributed by atoms with van der Waals surface area (Å²) >= 11 is 0. The fourth-order valence-corrected chi connectivity index (χ4v) is 8.98. The van der Waals surface area contributed by atoms with Crippen molar-refractivity contribution in [2.24, 2.45) is 34.2 Å². The standard InChI is InChI=1S/C45H63N13O9/c1-20(2)14-30-41(63)56-35(22(5)6)42(64)54-31-17-26-25-10-9-23(34(21(3)4)36(43(65)53-30)57-39(61)28-11-12-33(59)50-28)15-29(25)51-37(26)58-18-24(49-19-58)16-32(44(66)67)55-38(60)27(52-40(31)62)8-7-13-48-45(46)47/h9-10,15,18-22,27-28,30-32,34-36,51H,7-8,11-14,16-17H2,1-6H3,(H,50,59)(H,52,62)(H,53,65)(H,54,64)(H,55,60)(H,56,63)(H,57,61)(H,66,67)(H4,46,47,48)/t27-,28-,30-,31-,32+,34+,35-,36-/m0/s1. The monoisotopic (exact) mass is 929 g/mol. The maximum Gasteiger partial charge on any atom is 0.326 e. The van der Waals surface area contributed by atoms with E-state index in [1.165, 1.54) is 6.33 Å². The number of aliphatic imine (C=N–C) groups is 1. The Morgan fingerprint density at radius 3 is 2.21 bits per heavy atom. The number of guanidine groups is 1. The van der Waals surface area contributed by atoms with E-state index in [2.05, 4.69) is 52.2 Å². The average Bonchev–Trinajstić information content (AvgIpc) is 4.00. The van der Waals surface area contributed by atoms with Crippen molar-refractivity contribution in [3.8, 4) is 5.82 Å². The van der Waals surface area contributed by atoms with Gasteiger partial charge < -0.3 is 58.8 Å². The number of aromatic amines is 1. The number of carboxylic acids is 1. The second-order valence-electron chi connectivity index (χ2n) is 18.7. The predicted octanol–water partition coefficient (Wildman–Crippen LogP) is -0.767. The van der Waals surface area contributed by atoms with Gasteiger partial charge in [-0.2, -0.15) is 0 Å².